The van der Waals surface area contributed by atoms with E-state index in [-0.39, 0.29) is 29.9 Å². The van der Waals surface area contributed by atoms with Crippen LogP contribution in [0, 0.1) is 6.92 Å². The van der Waals surface area contributed by atoms with Gasteiger partial charge in [0.2, 0.25) is 0 Å². The first-order chi connectivity index (χ1) is 19.2. The molecule has 0 unspecified atom stereocenters. The number of aryl methyl sites for hydroxylation is 1. The van der Waals surface area contributed by atoms with Crippen LogP contribution >= 0.6 is 0 Å². The zero-order valence-corrected chi connectivity index (χ0v) is 24.1. The Morgan fingerprint density at radius 3 is 1.51 bits per heavy atom. The van der Waals surface area contributed by atoms with E-state index in [9.17, 15) is 0 Å². The Morgan fingerprint density at radius 2 is 1.05 bits per heavy atom. The van der Waals surface area contributed by atoms with Gasteiger partial charge in [0.25, 0.3) is 0 Å². The van der Waals surface area contributed by atoms with Crippen LogP contribution in [0.2, 0.25) is 0 Å². The molecule has 0 N–H and O–H groups in total. The molecule has 0 atom stereocenters. The number of hydrogen-bond donors (Lipinski definition) is 0. The maximum absolute atomic E-state index is 5.03. The summed E-state index contributed by atoms with van der Waals surface area (Å²) in [6.45, 7) is 1.95. The minimum absolute atomic E-state index is 0.118. The number of rotatable bonds is 6. The Bertz CT molecular complexity index is 1800. The fourth-order valence-electron chi connectivity index (χ4n) is 4.34. The first-order valence-corrected chi connectivity index (χ1v) is 15.6. The molecule has 0 amide bonds. The van der Waals surface area contributed by atoms with Crippen molar-refractivity contribution in [2.45, 2.75) is 6.92 Å². The quantitative estimate of drug-likeness (QED) is 0.257. The van der Waals surface area contributed by atoms with Crippen LogP contribution in [-0.2, 0) is 0 Å². The number of imidazole rings is 2. The summed E-state index contributed by atoms with van der Waals surface area (Å²) in [6.07, 6.45) is 7.67. The van der Waals surface area contributed by atoms with E-state index >= 15 is 0 Å². The second-order valence-electron chi connectivity index (χ2n) is 8.62. The molecule has 188 valence electrons. The molecule has 0 aliphatic heterocycles. The topological polar surface area (TPSA) is 86.2 Å². The summed E-state index contributed by atoms with van der Waals surface area (Å²) >= 11 is -0.235. The van der Waals surface area contributed by atoms with Gasteiger partial charge in [0, 0.05) is 0 Å². The van der Waals surface area contributed by atoms with E-state index in [2.05, 4.69) is 37.0 Å². The van der Waals surface area contributed by atoms with Gasteiger partial charge in [-0.2, -0.15) is 0 Å². The maximum atomic E-state index is 5.03. The Hall–Kier alpha value is -4.20. The Balaban J connectivity index is 1.25. The van der Waals surface area contributed by atoms with E-state index in [0.717, 1.165) is 58.3 Å². The third-order valence-corrected chi connectivity index (χ3v) is 9.84. The summed E-state index contributed by atoms with van der Waals surface area (Å²) in [5.74, 6) is 2.43. The van der Waals surface area contributed by atoms with Crippen molar-refractivity contribution in [3.8, 4) is 23.0 Å². The summed E-state index contributed by atoms with van der Waals surface area (Å²) < 4.78 is 8.24. The predicted molar refractivity (Wildman–Crippen MR) is 154 cm³/mol. The number of hydrogen-bond acceptors (Lipinski definition) is 6. The molecule has 0 spiro atoms. The number of pyridine rings is 4. The molecule has 7 aromatic rings. The Kier molecular flexibility index (Phi) is 6.23. The Morgan fingerprint density at radius 1 is 0.564 bits per heavy atom. The molecule has 0 saturated carbocycles. The van der Waals surface area contributed by atoms with E-state index in [1.165, 1.54) is 0 Å². The summed E-state index contributed by atoms with van der Waals surface area (Å²) in [4.78, 5) is 28.7. The van der Waals surface area contributed by atoms with Crippen LogP contribution in [-0.4, -0.2) is 68.6 Å². The van der Waals surface area contributed by atoms with Gasteiger partial charge in [0.05, 0.1) is 0 Å². The molecule has 39 heavy (non-hydrogen) atoms. The first kappa shape index (κ1) is 23.9. The van der Waals surface area contributed by atoms with Crippen LogP contribution in [0.3, 0.4) is 0 Å². The molecule has 0 aliphatic carbocycles. The van der Waals surface area contributed by atoms with Gasteiger partial charge in [-0.25, -0.2) is 0 Å². The normalized spacial score (nSPS) is 11.4. The summed E-state index contributed by atoms with van der Waals surface area (Å²) in [5, 5.41) is 0. The molecular weight excluding hydrogens is 618 g/mol. The SMILES string of the molecule is Cc1nc([Se]c2nc(-c3ccccn3)n3ccccc23)cc([Se]c2nc(-c3ccccn3)n3ccccc23)n1. The second kappa shape index (κ2) is 10.2. The van der Waals surface area contributed by atoms with E-state index in [4.69, 9.17) is 19.9 Å². The van der Waals surface area contributed by atoms with E-state index in [1.54, 1.807) is 12.4 Å². The van der Waals surface area contributed by atoms with Crippen molar-refractivity contribution < 1.29 is 0 Å². The van der Waals surface area contributed by atoms with Crippen molar-refractivity contribution in [3.05, 3.63) is 109 Å². The predicted octanol–water partition coefficient (Wildman–Crippen LogP) is 1.51. The zero-order chi connectivity index (χ0) is 26.2. The molecule has 0 aromatic carbocycles. The van der Waals surface area contributed by atoms with Gasteiger partial charge >= 0.3 is 237 Å². The Labute approximate surface area is 236 Å². The minimum atomic E-state index is -0.118. The van der Waals surface area contributed by atoms with Crippen molar-refractivity contribution in [2.24, 2.45) is 0 Å². The van der Waals surface area contributed by atoms with Gasteiger partial charge in [-0.1, -0.05) is 0 Å². The van der Waals surface area contributed by atoms with E-state index < -0.39 is 0 Å². The fourth-order valence-corrected chi connectivity index (χ4v) is 8.70. The van der Waals surface area contributed by atoms with Gasteiger partial charge in [-0.15, -0.1) is 0 Å². The second-order valence-corrected chi connectivity index (χ2v) is 12.9. The monoisotopic (exact) mass is 640 g/mol. The van der Waals surface area contributed by atoms with Gasteiger partial charge in [-0.3, -0.25) is 0 Å². The van der Waals surface area contributed by atoms with E-state index in [1.807, 2.05) is 80.0 Å². The molecule has 0 radical (unpaired) electrons. The van der Waals surface area contributed by atoms with Crippen LogP contribution in [0.5, 0.6) is 0 Å². The van der Waals surface area contributed by atoms with Crippen LogP contribution in [0.15, 0.2) is 104 Å². The standard InChI is InChI=1S/C29H20N8Se2/c1-19-32-24(38-28-22-12-4-8-16-36(22)26(34-28)20-10-2-6-14-30-20)18-25(33-19)39-29-23-13-5-9-17-37(23)27(35-29)21-11-3-7-15-31-21/h2-18H,1H3. The molecule has 0 saturated heterocycles. The van der Waals surface area contributed by atoms with Crippen molar-refractivity contribution in [1.82, 2.24) is 38.7 Å². The molecule has 0 bridgehead atoms. The number of nitrogens with zero attached hydrogens (tertiary/aromatic N) is 8. The van der Waals surface area contributed by atoms with E-state index in [0.29, 0.717) is 0 Å². The van der Waals surface area contributed by atoms with Crippen molar-refractivity contribution in [1.29, 1.82) is 0 Å². The van der Waals surface area contributed by atoms with Crippen LogP contribution in [0.1, 0.15) is 5.82 Å². The average molecular weight is 638 g/mol. The first-order valence-electron chi connectivity index (χ1n) is 12.2. The molecule has 8 nitrogen and oxygen atoms in total. The molecular formula is C29H20N8Se2. The third kappa shape index (κ3) is 4.64. The zero-order valence-electron chi connectivity index (χ0n) is 20.7. The molecule has 7 aromatic heterocycles. The molecule has 7 heterocycles. The number of aromatic nitrogens is 8. The summed E-state index contributed by atoms with van der Waals surface area (Å²) in [6, 6.07) is 26.2. The number of fused-ring (bicyclic) bond motifs is 2. The third-order valence-electron chi connectivity index (χ3n) is 6.01. The van der Waals surface area contributed by atoms with Gasteiger partial charge in [0.1, 0.15) is 0 Å². The fraction of sp³-hybridized carbons (Fsp3) is 0.0345. The van der Waals surface area contributed by atoms with Crippen molar-refractivity contribution in [2.75, 3.05) is 0 Å². The van der Waals surface area contributed by atoms with Crippen LogP contribution < -0.4 is 18.4 Å². The summed E-state index contributed by atoms with van der Waals surface area (Å²) in [5.41, 5.74) is 3.83. The van der Waals surface area contributed by atoms with Crippen molar-refractivity contribution >= 4 is 59.3 Å². The van der Waals surface area contributed by atoms with Gasteiger partial charge < -0.3 is 0 Å². The van der Waals surface area contributed by atoms with Crippen LogP contribution in [0.25, 0.3) is 34.1 Å². The average Bonchev–Trinajstić information content (AvgIpc) is 3.52. The molecule has 0 fully saturated rings. The molecule has 10 heteroatoms. The van der Waals surface area contributed by atoms with Gasteiger partial charge in [-0.05, 0) is 0 Å². The van der Waals surface area contributed by atoms with Crippen LogP contribution in [0.4, 0.5) is 0 Å². The summed E-state index contributed by atoms with van der Waals surface area (Å²) in [7, 11) is 0. The molecule has 0 aliphatic rings. The van der Waals surface area contributed by atoms with Crippen molar-refractivity contribution in [3.63, 3.8) is 0 Å². The van der Waals surface area contributed by atoms with Gasteiger partial charge in [0.15, 0.2) is 0 Å². The molecule has 7 rings (SSSR count).